The molecule has 0 unspecified atom stereocenters. The highest BCUT2D eigenvalue weighted by Crippen LogP contribution is 2.22. The van der Waals surface area contributed by atoms with Crippen molar-refractivity contribution in [2.75, 3.05) is 0 Å². The van der Waals surface area contributed by atoms with Crippen molar-refractivity contribution in [3.05, 3.63) is 22.5 Å². The zero-order chi connectivity index (χ0) is 15.0. The quantitative estimate of drug-likeness (QED) is 0.672. The molecule has 106 valence electrons. The summed E-state index contributed by atoms with van der Waals surface area (Å²) in [5.41, 5.74) is 3.00. The molecule has 4 nitrogen and oxygen atoms in total. The van der Waals surface area contributed by atoms with Gasteiger partial charge in [0.2, 0.25) is 0 Å². The third-order valence-electron chi connectivity index (χ3n) is 3.33. The smallest absolute Gasteiger partial charge is 0.292 e. The standard InChI is InChI=1S/C15H24N2O2/c1-8-11-9(2)12(10(3)17(11)7)13(18)14(19)16-15(4,5)6/h8H2,1-7H3,(H,16,19). The van der Waals surface area contributed by atoms with Crippen LogP contribution in [0.15, 0.2) is 0 Å². The Morgan fingerprint density at radius 3 is 2.11 bits per heavy atom. The minimum atomic E-state index is -0.535. The highest BCUT2D eigenvalue weighted by atomic mass is 16.2. The van der Waals surface area contributed by atoms with Crippen LogP contribution < -0.4 is 5.32 Å². The Morgan fingerprint density at radius 1 is 1.21 bits per heavy atom. The summed E-state index contributed by atoms with van der Waals surface area (Å²) < 4.78 is 1.99. The van der Waals surface area contributed by atoms with Gasteiger partial charge >= 0.3 is 0 Å². The number of amides is 1. The van der Waals surface area contributed by atoms with Crippen LogP contribution in [0.25, 0.3) is 0 Å². The van der Waals surface area contributed by atoms with E-state index < -0.39 is 17.2 Å². The van der Waals surface area contributed by atoms with Gasteiger partial charge in [-0.25, -0.2) is 0 Å². The first-order valence-electron chi connectivity index (χ1n) is 6.61. The number of carbonyl (C=O) groups excluding carboxylic acids is 2. The van der Waals surface area contributed by atoms with Crippen LogP contribution in [0.5, 0.6) is 0 Å². The first-order chi connectivity index (χ1) is 8.60. The van der Waals surface area contributed by atoms with Gasteiger partial charge in [0.05, 0.1) is 5.56 Å². The maximum absolute atomic E-state index is 12.3. The Balaban J connectivity index is 3.18. The van der Waals surface area contributed by atoms with Crippen LogP contribution in [0, 0.1) is 13.8 Å². The molecule has 0 saturated heterocycles. The van der Waals surface area contributed by atoms with Crippen LogP contribution in [-0.4, -0.2) is 21.8 Å². The topological polar surface area (TPSA) is 51.1 Å². The highest BCUT2D eigenvalue weighted by molar-refractivity contribution is 6.43. The van der Waals surface area contributed by atoms with Crippen molar-refractivity contribution in [1.82, 2.24) is 9.88 Å². The predicted molar refractivity (Wildman–Crippen MR) is 76.5 cm³/mol. The first kappa shape index (κ1) is 15.5. The summed E-state index contributed by atoms with van der Waals surface area (Å²) in [4.78, 5) is 24.3. The van der Waals surface area contributed by atoms with Crippen molar-refractivity contribution >= 4 is 11.7 Å². The number of hydrogen-bond donors (Lipinski definition) is 1. The van der Waals surface area contributed by atoms with Crippen LogP contribution in [-0.2, 0) is 18.3 Å². The Morgan fingerprint density at radius 2 is 1.74 bits per heavy atom. The first-order valence-corrected chi connectivity index (χ1v) is 6.61. The Labute approximate surface area is 115 Å². The van der Waals surface area contributed by atoms with Crippen molar-refractivity contribution in [1.29, 1.82) is 0 Å². The zero-order valence-corrected chi connectivity index (χ0v) is 13.0. The lowest BCUT2D eigenvalue weighted by Gasteiger charge is -2.19. The molecule has 0 aliphatic heterocycles. The molecule has 0 radical (unpaired) electrons. The van der Waals surface area contributed by atoms with E-state index in [4.69, 9.17) is 0 Å². The molecular formula is C15H24N2O2. The van der Waals surface area contributed by atoms with Crippen molar-refractivity contribution in [3.8, 4) is 0 Å². The molecule has 1 aromatic rings. The summed E-state index contributed by atoms with van der Waals surface area (Å²) >= 11 is 0. The Kier molecular flexibility index (Phi) is 4.23. The zero-order valence-electron chi connectivity index (χ0n) is 13.0. The number of aromatic nitrogens is 1. The second-order valence-electron chi connectivity index (χ2n) is 5.98. The van der Waals surface area contributed by atoms with Crippen LogP contribution in [0.2, 0.25) is 0 Å². The number of nitrogens with zero attached hydrogens (tertiary/aromatic N) is 1. The number of hydrogen-bond acceptors (Lipinski definition) is 2. The van der Waals surface area contributed by atoms with Gasteiger partial charge in [-0.15, -0.1) is 0 Å². The highest BCUT2D eigenvalue weighted by Gasteiger charge is 2.27. The van der Waals surface area contributed by atoms with Crippen LogP contribution in [0.1, 0.15) is 55.0 Å². The second kappa shape index (κ2) is 5.19. The van der Waals surface area contributed by atoms with Gasteiger partial charge in [0, 0.05) is 24.0 Å². The summed E-state index contributed by atoms with van der Waals surface area (Å²) in [6.45, 7) is 11.4. The summed E-state index contributed by atoms with van der Waals surface area (Å²) in [7, 11) is 1.93. The third kappa shape index (κ3) is 3.06. The number of rotatable bonds is 3. The second-order valence-corrected chi connectivity index (χ2v) is 5.98. The predicted octanol–water partition coefficient (Wildman–Crippen LogP) is 2.30. The van der Waals surface area contributed by atoms with E-state index in [1.165, 1.54) is 0 Å². The molecular weight excluding hydrogens is 240 g/mol. The largest absolute Gasteiger partial charge is 0.351 e. The molecule has 1 amide bonds. The molecule has 1 N–H and O–H groups in total. The average Bonchev–Trinajstić information content (AvgIpc) is 2.47. The van der Waals surface area contributed by atoms with Crippen molar-refractivity contribution < 1.29 is 9.59 Å². The van der Waals surface area contributed by atoms with Gasteiger partial charge in [0.15, 0.2) is 0 Å². The van der Waals surface area contributed by atoms with Gasteiger partial charge < -0.3 is 9.88 Å². The molecule has 0 bridgehead atoms. The van der Waals surface area contributed by atoms with Gasteiger partial charge in [-0.3, -0.25) is 9.59 Å². The summed E-state index contributed by atoms with van der Waals surface area (Å²) in [6.07, 6.45) is 0.845. The maximum Gasteiger partial charge on any atom is 0.292 e. The molecule has 0 aromatic carbocycles. The fourth-order valence-electron chi connectivity index (χ4n) is 2.39. The number of ketones is 1. The lowest BCUT2D eigenvalue weighted by atomic mass is 10.0. The molecule has 4 heteroatoms. The molecule has 0 spiro atoms. The normalized spacial score (nSPS) is 11.5. The summed E-state index contributed by atoms with van der Waals surface area (Å²) in [5, 5.41) is 2.72. The van der Waals surface area contributed by atoms with Gasteiger partial charge in [-0.2, -0.15) is 0 Å². The number of Topliss-reactive ketones (excluding diaryl/α,β-unsaturated/α-hetero) is 1. The average molecular weight is 264 g/mol. The summed E-state index contributed by atoms with van der Waals surface area (Å²) in [5.74, 6) is -0.979. The molecule has 0 aliphatic rings. The SMILES string of the molecule is CCc1c(C)c(C(=O)C(=O)NC(C)(C)C)c(C)n1C. The molecule has 0 aliphatic carbocycles. The van der Waals surface area contributed by atoms with E-state index in [1.54, 1.807) is 0 Å². The van der Waals surface area contributed by atoms with E-state index in [9.17, 15) is 9.59 Å². The van der Waals surface area contributed by atoms with Crippen molar-refractivity contribution in [3.63, 3.8) is 0 Å². The molecule has 19 heavy (non-hydrogen) atoms. The molecule has 1 heterocycles. The molecule has 1 aromatic heterocycles. The number of nitrogens with one attached hydrogen (secondary N) is 1. The fraction of sp³-hybridized carbons (Fsp3) is 0.600. The Hall–Kier alpha value is -1.58. The van der Waals surface area contributed by atoms with Crippen molar-refractivity contribution in [2.45, 2.75) is 53.5 Å². The van der Waals surface area contributed by atoms with Gasteiger partial charge in [0.25, 0.3) is 11.7 Å². The lowest BCUT2D eigenvalue weighted by Crippen LogP contribution is -2.44. The maximum atomic E-state index is 12.3. The van der Waals surface area contributed by atoms with Crippen LogP contribution >= 0.6 is 0 Å². The van der Waals surface area contributed by atoms with Crippen molar-refractivity contribution in [2.24, 2.45) is 7.05 Å². The fourth-order valence-corrected chi connectivity index (χ4v) is 2.39. The Bertz CT molecular complexity index is 519. The minimum Gasteiger partial charge on any atom is -0.351 e. The lowest BCUT2D eigenvalue weighted by molar-refractivity contribution is -0.118. The van der Waals surface area contributed by atoms with E-state index in [0.717, 1.165) is 23.4 Å². The molecule has 0 fully saturated rings. The monoisotopic (exact) mass is 264 g/mol. The third-order valence-corrected chi connectivity index (χ3v) is 3.33. The molecule has 1 rings (SSSR count). The van der Waals surface area contributed by atoms with E-state index in [1.807, 2.05) is 53.2 Å². The van der Waals surface area contributed by atoms with E-state index in [0.29, 0.717) is 5.56 Å². The summed E-state index contributed by atoms with van der Waals surface area (Å²) in [6, 6.07) is 0. The molecule has 0 atom stereocenters. The minimum absolute atomic E-state index is 0.406. The van der Waals surface area contributed by atoms with E-state index in [2.05, 4.69) is 5.32 Å². The van der Waals surface area contributed by atoms with E-state index >= 15 is 0 Å². The number of carbonyl (C=O) groups is 2. The van der Waals surface area contributed by atoms with Crippen LogP contribution in [0.3, 0.4) is 0 Å². The van der Waals surface area contributed by atoms with Crippen LogP contribution in [0.4, 0.5) is 0 Å². The van der Waals surface area contributed by atoms with E-state index in [-0.39, 0.29) is 0 Å². The molecule has 0 saturated carbocycles. The van der Waals surface area contributed by atoms with Gasteiger partial charge in [-0.05, 0) is 46.6 Å². The van der Waals surface area contributed by atoms with Gasteiger partial charge in [0.1, 0.15) is 0 Å². The van der Waals surface area contributed by atoms with Gasteiger partial charge in [-0.1, -0.05) is 6.92 Å².